The quantitative estimate of drug-likeness (QED) is 0.699. The van der Waals surface area contributed by atoms with Crippen LogP contribution in [0.2, 0.25) is 0 Å². The average Bonchev–Trinajstić information content (AvgIpc) is 2.74. The van der Waals surface area contributed by atoms with Crippen LogP contribution in [0.4, 0.5) is 0 Å². The minimum absolute atomic E-state index is 0.191. The Labute approximate surface area is 77.7 Å². The Bertz CT molecular complexity index is 331. The van der Waals surface area contributed by atoms with E-state index in [1.165, 1.54) is 5.56 Å². The van der Waals surface area contributed by atoms with Crippen LogP contribution in [0.25, 0.3) is 0 Å². The molecule has 1 aliphatic rings. The lowest BCUT2D eigenvalue weighted by Crippen LogP contribution is -2.02. The summed E-state index contributed by atoms with van der Waals surface area (Å²) in [4.78, 5) is 10.8. The van der Waals surface area contributed by atoms with Crippen LogP contribution in [0.1, 0.15) is 31.2 Å². The first-order valence-corrected chi connectivity index (χ1v) is 4.59. The van der Waals surface area contributed by atoms with Gasteiger partial charge in [-0.25, -0.2) is 0 Å². The summed E-state index contributed by atoms with van der Waals surface area (Å²) < 4.78 is 1.78. The van der Waals surface area contributed by atoms with Crippen LogP contribution < -0.4 is 0 Å². The van der Waals surface area contributed by atoms with E-state index >= 15 is 0 Å². The van der Waals surface area contributed by atoms with E-state index in [2.05, 4.69) is 11.4 Å². The van der Waals surface area contributed by atoms with E-state index in [0.717, 1.165) is 12.8 Å². The van der Waals surface area contributed by atoms with Gasteiger partial charge in [0.25, 0.3) is 0 Å². The average molecular weight is 177 g/mol. The molecular weight excluding hydrogens is 164 g/mol. The highest BCUT2D eigenvalue weighted by atomic mass is 16.1. The molecular formula is C10H13N2O. The molecule has 1 fully saturated rings. The van der Waals surface area contributed by atoms with Crippen LogP contribution in [0, 0.1) is 5.41 Å². The van der Waals surface area contributed by atoms with Gasteiger partial charge in [0, 0.05) is 24.6 Å². The first kappa shape index (κ1) is 8.48. The summed E-state index contributed by atoms with van der Waals surface area (Å²) in [5.41, 5.74) is 0.982. The maximum atomic E-state index is 10.8. The number of nitrogens with zero attached hydrogens (tertiary/aromatic N) is 2. The lowest BCUT2D eigenvalue weighted by Gasteiger charge is -2.01. The Balaban J connectivity index is 2.19. The molecule has 0 spiro atoms. The SMILES string of the molecule is CCC1([C]=O)CC1c1cnn(C)c1. The molecule has 3 nitrogen and oxygen atoms in total. The molecule has 0 saturated heterocycles. The van der Waals surface area contributed by atoms with Crippen molar-refractivity contribution in [3.05, 3.63) is 18.0 Å². The second-order valence-electron chi connectivity index (χ2n) is 3.82. The number of rotatable bonds is 3. The summed E-state index contributed by atoms with van der Waals surface area (Å²) in [7, 11) is 1.89. The highest BCUT2D eigenvalue weighted by Crippen LogP contribution is 2.59. The lowest BCUT2D eigenvalue weighted by atomic mass is 10.00. The Hall–Kier alpha value is -1.12. The second kappa shape index (κ2) is 2.69. The molecule has 2 unspecified atom stereocenters. The van der Waals surface area contributed by atoms with Gasteiger partial charge in [-0.2, -0.15) is 5.10 Å². The van der Waals surface area contributed by atoms with E-state index in [4.69, 9.17) is 0 Å². The standard InChI is InChI=1S/C10H13N2O/c1-3-10(7-13)4-9(10)8-5-11-12(2)6-8/h5-6,9H,3-4H2,1-2H3. The van der Waals surface area contributed by atoms with Gasteiger partial charge in [0.2, 0.25) is 6.29 Å². The zero-order valence-electron chi connectivity index (χ0n) is 7.95. The summed E-state index contributed by atoms with van der Waals surface area (Å²) in [5, 5.41) is 4.10. The van der Waals surface area contributed by atoms with Gasteiger partial charge >= 0.3 is 0 Å². The fourth-order valence-corrected chi connectivity index (χ4v) is 1.94. The molecule has 2 rings (SSSR count). The Morgan fingerprint density at radius 3 is 3.00 bits per heavy atom. The van der Waals surface area contributed by atoms with Gasteiger partial charge < -0.3 is 0 Å². The minimum Gasteiger partial charge on any atom is -0.290 e. The molecule has 1 saturated carbocycles. The zero-order chi connectivity index (χ0) is 9.47. The van der Waals surface area contributed by atoms with Crippen molar-refractivity contribution in [1.29, 1.82) is 0 Å². The molecule has 0 aliphatic heterocycles. The smallest absolute Gasteiger partial charge is 0.205 e. The first-order valence-electron chi connectivity index (χ1n) is 4.59. The van der Waals surface area contributed by atoms with Crippen molar-refractivity contribution in [3.63, 3.8) is 0 Å². The molecule has 1 aliphatic carbocycles. The number of carbonyl (C=O) groups excluding carboxylic acids is 1. The summed E-state index contributed by atoms with van der Waals surface area (Å²) in [5.74, 6) is 0.365. The van der Waals surface area contributed by atoms with E-state index in [-0.39, 0.29) is 5.41 Å². The third-order valence-electron chi connectivity index (χ3n) is 3.04. The molecule has 3 heteroatoms. The molecule has 1 aromatic rings. The van der Waals surface area contributed by atoms with E-state index in [0.29, 0.717) is 5.92 Å². The fraction of sp³-hybridized carbons (Fsp3) is 0.600. The lowest BCUT2D eigenvalue weighted by molar-refractivity contribution is 0.502. The van der Waals surface area contributed by atoms with Gasteiger partial charge in [-0.15, -0.1) is 0 Å². The van der Waals surface area contributed by atoms with Gasteiger partial charge in [0.05, 0.1) is 6.20 Å². The van der Waals surface area contributed by atoms with E-state index in [9.17, 15) is 4.79 Å². The third kappa shape index (κ3) is 1.19. The Morgan fingerprint density at radius 1 is 1.85 bits per heavy atom. The van der Waals surface area contributed by atoms with Gasteiger partial charge in [0.1, 0.15) is 0 Å². The maximum Gasteiger partial charge on any atom is 0.205 e. The molecule has 0 amide bonds. The molecule has 1 aromatic heterocycles. The summed E-state index contributed by atoms with van der Waals surface area (Å²) >= 11 is 0. The highest BCUT2D eigenvalue weighted by molar-refractivity contribution is 5.68. The van der Waals surface area contributed by atoms with Crippen molar-refractivity contribution in [2.75, 3.05) is 0 Å². The molecule has 0 bridgehead atoms. The van der Waals surface area contributed by atoms with Gasteiger partial charge in [-0.1, -0.05) is 6.92 Å². The van der Waals surface area contributed by atoms with Gasteiger partial charge in [-0.05, 0) is 18.4 Å². The molecule has 13 heavy (non-hydrogen) atoms. The predicted octanol–water partition coefficient (Wildman–Crippen LogP) is 1.41. The van der Waals surface area contributed by atoms with Crippen molar-refractivity contribution in [3.8, 4) is 0 Å². The van der Waals surface area contributed by atoms with Crippen LogP contribution in [0.15, 0.2) is 12.4 Å². The van der Waals surface area contributed by atoms with Crippen molar-refractivity contribution < 1.29 is 4.79 Å². The summed E-state index contributed by atoms with van der Waals surface area (Å²) in [6, 6.07) is 0. The first-order chi connectivity index (χ1) is 6.22. The van der Waals surface area contributed by atoms with E-state index in [1.54, 1.807) is 4.68 Å². The van der Waals surface area contributed by atoms with Crippen LogP contribution >= 0.6 is 0 Å². The number of hydrogen-bond donors (Lipinski definition) is 0. The van der Waals surface area contributed by atoms with Crippen LogP contribution in [0.3, 0.4) is 0 Å². The number of hydrogen-bond acceptors (Lipinski definition) is 2. The van der Waals surface area contributed by atoms with Crippen LogP contribution in [-0.2, 0) is 11.8 Å². The summed E-state index contributed by atoms with van der Waals surface area (Å²) in [6.07, 6.45) is 7.83. The summed E-state index contributed by atoms with van der Waals surface area (Å²) in [6.45, 7) is 2.04. The van der Waals surface area contributed by atoms with Crippen molar-refractivity contribution in [2.24, 2.45) is 12.5 Å². The number of aromatic nitrogens is 2. The van der Waals surface area contributed by atoms with E-state index in [1.807, 2.05) is 26.4 Å². The molecule has 1 heterocycles. The van der Waals surface area contributed by atoms with Crippen LogP contribution in [0.5, 0.6) is 0 Å². The zero-order valence-corrected chi connectivity index (χ0v) is 7.95. The molecule has 0 N–H and O–H groups in total. The molecule has 0 aromatic carbocycles. The Kier molecular flexibility index (Phi) is 1.75. The second-order valence-corrected chi connectivity index (χ2v) is 3.82. The third-order valence-corrected chi connectivity index (χ3v) is 3.04. The fourth-order valence-electron chi connectivity index (χ4n) is 1.94. The van der Waals surface area contributed by atoms with Gasteiger partial charge in [0.15, 0.2) is 0 Å². The van der Waals surface area contributed by atoms with Gasteiger partial charge in [-0.3, -0.25) is 9.48 Å². The van der Waals surface area contributed by atoms with Crippen molar-refractivity contribution in [2.45, 2.75) is 25.7 Å². The molecule has 69 valence electrons. The highest BCUT2D eigenvalue weighted by Gasteiger charge is 2.54. The van der Waals surface area contributed by atoms with Crippen molar-refractivity contribution in [1.82, 2.24) is 9.78 Å². The predicted molar refractivity (Wildman–Crippen MR) is 49.0 cm³/mol. The topological polar surface area (TPSA) is 34.9 Å². The van der Waals surface area contributed by atoms with Crippen molar-refractivity contribution >= 4 is 6.29 Å². The van der Waals surface area contributed by atoms with Crippen LogP contribution in [-0.4, -0.2) is 16.1 Å². The molecule has 1 radical (unpaired) electrons. The normalized spacial score (nSPS) is 31.7. The van der Waals surface area contributed by atoms with E-state index < -0.39 is 0 Å². The monoisotopic (exact) mass is 177 g/mol. The Morgan fingerprint density at radius 2 is 2.62 bits per heavy atom. The maximum absolute atomic E-state index is 10.8. The largest absolute Gasteiger partial charge is 0.290 e. The minimum atomic E-state index is -0.191. The molecule has 2 atom stereocenters. The number of aryl methyl sites for hydroxylation is 1.